The number of benzene rings is 1. The normalized spacial score (nSPS) is 26.8. The fourth-order valence-corrected chi connectivity index (χ4v) is 3.53. The van der Waals surface area contributed by atoms with E-state index < -0.39 is 11.3 Å². The average Bonchev–Trinajstić information content (AvgIpc) is 3.14. The van der Waals surface area contributed by atoms with Crippen LogP contribution in [-0.2, 0) is 4.79 Å². The van der Waals surface area contributed by atoms with Gasteiger partial charge < -0.3 is 15.4 Å². The number of hydrogen-bond donors (Lipinski definition) is 2. The second-order valence-corrected chi connectivity index (χ2v) is 6.90. The molecule has 0 atom stereocenters. The van der Waals surface area contributed by atoms with Crippen LogP contribution in [0.2, 0.25) is 0 Å². The van der Waals surface area contributed by atoms with Gasteiger partial charge in [0.15, 0.2) is 6.61 Å². The van der Waals surface area contributed by atoms with Crippen molar-refractivity contribution in [2.24, 2.45) is 5.41 Å². The Balaban J connectivity index is 1.44. The summed E-state index contributed by atoms with van der Waals surface area (Å²) in [5.74, 6) is -2.60. The van der Waals surface area contributed by atoms with Gasteiger partial charge in [-0.05, 0) is 43.9 Å². The molecule has 136 valence electrons. The minimum absolute atomic E-state index is 0.00848. The van der Waals surface area contributed by atoms with E-state index in [1.165, 1.54) is 7.05 Å². The van der Waals surface area contributed by atoms with E-state index in [-0.39, 0.29) is 30.9 Å². The Hall–Kier alpha value is -2.18. The zero-order valence-corrected chi connectivity index (χ0v) is 14.1. The molecule has 7 heteroatoms. The number of rotatable bonds is 5. The van der Waals surface area contributed by atoms with Gasteiger partial charge in [0, 0.05) is 30.5 Å². The van der Waals surface area contributed by atoms with Gasteiger partial charge in [0.2, 0.25) is 0 Å². The standard InChI is InChI=1S/C18H22F2N2O3/c1-21-16(24)12-3-2-4-14(9-12)25-10-15(23)22-13-5-7-17(8-6-13)11-18(17,19)20/h2-4,9,13H,5-8,10-11H2,1H3,(H,21,24)(H,22,23). The topological polar surface area (TPSA) is 67.4 Å². The van der Waals surface area contributed by atoms with Crippen LogP contribution in [0.3, 0.4) is 0 Å². The van der Waals surface area contributed by atoms with E-state index in [0.29, 0.717) is 37.0 Å². The van der Waals surface area contributed by atoms with Crippen LogP contribution < -0.4 is 15.4 Å². The number of halogens is 2. The Morgan fingerprint density at radius 2 is 1.96 bits per heavy atom. The van der Waals surface area contributed by atoms with E-state index in [9.17, 15) is 18.4 Å². The molecular formula is C18H22F2N2O3. The molecule has 0 unspecified atom stereocenters. The summed E-state index contributed by atoms with van der Waals surface area (Å²) in [6, 6.07) is 6.48. The smallest absolute Gasteiger partial charge is 0.258 e. The number of carbonyl (C=O) groups excluding carboxylic acids is 2. The number of hydrogen-bond acceptors (Lipinski definition) is 3. The lowest BCUT2D eigenvalue weighted by Crippen LogP contribution is -2.41. The van der Waals surface area contributed by atoms with E-state index in [4.69, 9.17) is 4.74 Å². The highest BCUT2D eigenvalue weighted by Crippen LogP contribution is 2.67. The minimum Gasteiger partial charge on any atom is -0.484 e. The maximum absolute atomic E-state index is 13.4. The molecular weight excluding hydrogens is 330 g/mol. The van der Waals surface area contributed by atoms with Crippen LogP contribution in [0.4, 0.5) is 8.78 Å². The SMILES string of the molecule is CNC(=O)c1cccc(OCC(=O)NC2CCC3(CC2)CC3(F)F)c1. The van der Waals surface area contributed by atoms with Crippen molar-refractivity contribution < 1.29 is 23.1 Å². The van der Waals surface area contributed by atoms with Crippen molar-refractivity contribution in [2.45, 2.75) is 44.1 Å². The number of nitrogens with one attached hydrogen (secondary N) is 2. The van der Waals surface area contributed by atoms with E-state index in [1.54, 1.807) is 24.3 Å². The molecule has 2 aliphatic carbocycles. The van der Waals surface area contributed by atoms with Gasteiger partial charge in [0.05, 0.1) is 0 Å². The van der Waals surface area contributed by atoms with Gasteiger partial charge in [0.25, 0.3) is 17.7 Å². The summed E-state index contributed by atoms with van der Waals surface area (Å²) >= 11 is 0. The molecule has 0 saturated heterocycles. The summed E-state index contributed by atoms with van der Waals surface area (Å²) in [4.78, 5) is 23.6. The van der Waals surface area contributed by atoms with Crippen LogP contribution >= 0.6 is 0 Å². The average molecular weight is 352 g/mol. The molecule has 3 rings (SSSR count). The molecule has 1 aromatic rings. The fraction of sp³-hybridized carbons (Fsp3) is 0.556. The first-order chi connectivity index (χ1) is 11.9. The van der Waals surface area contributed by atoms with Crippen molar-refractivity contribution in [3.05, 3.63) is 29.8 Å². The highest BCUT2D eigenvalue weighted by atomic mass is 19.3. The minimum atomic E-state index is -2.51. The maximum Gasteiger partial charge on any atom is 0.258 e. The van der Waals surface area contributed by atoms with E-state index in [2.05, 4.69) is 10.6 Å². The predicted octanol–water partition coefficient (Wildman–Crippen LogP) is 2.51. The summed E-state index contributed by atoms with van der Waals surface area (Å²) in [5, 5.41) is 5.36. The van der Waals surface area contributed by atoms with Gasteiger partial charge in [-0.3, -0.25) is 9.59 Å². The monoisotopic (exact) mass is 352 g/mol. The van der Waals surface area contributed by atoms with Crippen molar-refractivity contribution >= 4 is 11.8 Å². The molecule has 0 bridgehead atoms. The molecule has 1 spiro atoms. The molecule has 2 aliphatic rings. The van der Waals surface area contributed by atoms with Gasteiger partial charge in [0.1, 0.15) is 5.75 Å². The van der Waals surface area contributed by atoms with Crippen LogP contribution in [0.15, 0.2) is 24.3 Å². The molecule has 2 saturated carbocycles. The Labute approximate surface area is 145 Å². The summed E-state index contributed by atoms with van der Waals surface area (Å²) in [6.45, 7) is -0.172. The van der Waals surface area contributed by atoms with E-state index in [0.717, 1.165) is 0 Å². The quantitative estimate of drug-likeness (QED) is 0.856. The van der Waals surface area contributed by atoms with Crippen LogP contribution in [-0.4, -0.2) is 37.4 Å². The second kappa shape index (κ2) is 6.61. The van der Waals surface area contributed by atoms with Crippen LogP contribution in [0, 0.1) is 5.41 Å². The lowest BCUT2D eigenvalue weighted by molar-refractivity contribution is -0.124. The van der Waals surface area contributed by atoms with Crippen molar-refractivity contribution in [1.82, 2.24) is 10.6 Å². The fourth-order valence-electron chi connectivity index (χ4n) is 3.53. The Morgan fingerprint density at radius 1 is 1.28 bits per heavy atom. The molecule has 0 heterocycles. The Morgan fingerprint density at radius 3 is 2.56 bits per heavy atom. The second-order valence-electron chi connectivity index (χ2n) is 6.90. The third kappa shape index (κ3) is 3.75. The van der Waals surface area contributed by atoms with Crippen LogP contribution in [0.1, 0.15) is 42.5 Å². The molecule has 5 nitrogen and oxygen atoms in total. The first-order valence-corrected chi connectivity index (χ1v) is 8.47. The molecule has 0 aromatic heterocycles. The van der Waals surface area contributed by atoms with Crippen molar-refractivity contribution in [2.75, 3.05) is 13.7 Å². The van der Waals surface area contributed by atoms with Crippen molar-refractivity contribution in [1.29, 1.82) is 0 Å². The van der Waals surface area contributed by atoms with Crippen molar-refractivity contribution in [3.63, 3.8) is 0 Å². The van der Waals surface area contributed by atoms with Gasteiger partial charge in [-0.25, -0.2) is 8.78 Å². The summed E-state index contributed by atoms with van der Waals surface area (Å²) < 4.78 is 32.1. The van der Waals surface area contributed by atoms with E-state index in [1.807, 2.05) is 0 Å². The summed E-state index contributed by atoms with van der Waals surface area (Å²) in [7, 11) is 1.54. The van der Waals surface area contributed by atoms with E-state index >= 15 is 0 Å². The molecule has 1 aromatic carbocycles. The van der Waals surface area contributed by atoms with Gasteiger partial charge in [-0.2, -0.15) is 0 Å². The summed E-state index contributed by atoms with van der Waals surface area (Å²) in [6.07, 6.45) is 2.06. The zero-order valence-electron chi connectivity index (χ0n) is 14.1. The summed E-state index contributed by atoms with van der Waals surface area (Å²) in [5.41, 5.74) is -0.353. The first kappa shape index (κ1) is 17.6. The number of alkyl halides is 2. The molecule has 0 aliphatic heterocycles. The third-order valence-corrected chi connectivity index (χ3v) is 5.21. The highest BCUT2D eigenvalue weighted by molar-refractivity contribution is 5.94. The highest BCUT2D eigenvalue weighted by Gasteiger charge is 2.70. The molecule has 2 N–H and O–H groups in total. The van der Waals surface area contributed by atoms with Gasteiger partial charge in [-0.15, -0.1) is 0 Å². The van der Waals surface area contributed by atoms with Gasteiger partial charge >= 0.3 is 0 Å². The van der Waals surface area contributed by atoms with Gasteiger partial charge in [-0.1, -0.05) is 6.07 Å². The lowest BCUT2D eigenvalue weighted by Gasteiger charge is -2.29. The molecule has 2 amide bonds. The molecule has 2 fully saturated rings. The maximum atomic E-state index is 13.4. The molecule has 25 heavy (non-hydrogen) atoms. The number of ether oxygens (including phenoxy) is 1. The lowest BCUT2D eigenvalue weighted by atomic mass is 9.83. The largest absolute Gasteiger partial charge is 0.484 e. The van der Waals surface area contributed by atoms with Crippen LogP contribution in [0.5, 0.6) is 5.75 Å². The first-order valence-electron chi connectivity index (χ1n) is 8.47. The predicted molar refractivity (Wildman–Crippen MR) is 87.7 cm³/mol. The molecule has 0 radical (unpaired) electrons. The number of amides is 2. The van der Waals surface area contributed by atoms with Crippen molar-refractivity contribution in [3.8, 4) is 5.75 Å². The Bertz CT molecular complexity index is 670. The third-order valence-electron chi connectivity index (χ3n) is 5.21. The van der Waals surface area contributed by atoms with Crippen LogP contribution in [0.25, 0.3) is 0 Å². The number of carbonyl (C=O) groups is 2. The zero-order chi connectivity index (χ0) is 18.1. The Kier molecular flexibility index (Phi) is 4.67.